The van der Waals surface area contributed by atoms with Crippen LogP contribution in [0.2, 0.25) is 0 Å². The molecule has 2 amide bonds. The molecule has 4 rings (SSSR count). The van der Waals surface area contributed by atoms with Gasteiger partial charge in [-0.2, -0.15) is 0 Å². The van der Waals surface area contributed by atoms with Gasteiger partial charge in [-0.25, -0.2) is 4.39 Å². The molecule has 0 saturated heterocycles. The molecular formula is C22H21FN4O4S. The summed E-state index contributed by atoms with van der Waals surface area (Å²) in [4.78, 5) is 25.5. The molecule has 1 aliphatic heterocycles. The first-order chi connectivity index (χ1) is 15.5. The van der Waals surface area contributed by atoms with Crippen molar-refractivity contribution in [1.82, 2.24) is 15.5 Å². The van der Waals surface area contributed by atoms with E-state index in [1.807, 2.05) is 19.9 Å². The number of rotatable bonds is 7. The molecule has 2 atom stereocenters. The van der Waals surface area contributed by atoms with E-state index in [1.165, 1.54) is 29.5 Å². The Morgan fingerprint density at radius 3 is 2.72 bits per heavy atom. The van der Waals surface area contributed by atoms with E-state index >= 15 is 0 Å². The molecule has 2 aromatic carbocycles. The van der Waals surface area contributed by atoms with Gasteiger partial charge in [0.25, 0.3) is 5.91 Å². The van der Waals surface area contributed by atoms with Crippen molar-refractivity contribution in [2.75, 3.05) is 12.1 Å². The summed E-state index contributed by atoms with van der Waals surface area (Å²) in [5.74, 6) is -0.651. The van der Waals surface area contributed by atoms with Gasteiger partial charge in [-0.1, -0.05) is 43.7 Å². The van der Waals surface area contributed by atoms with Crippen molar-refractivity contribution in [2.45, 2.75) is 26.3 Å². The lowest BCUT2D eigenvalue weighted by Gasteiger charge is -2.23. The Morgan fingerprint density at radius 1 is 1.16 bits per heavy atom. The molecule has 0 aliphatic carbocycles. The monoisotopic (exact) mass is 456 g/mol. The zero-order valence-electron chi connectivity index (χ0n) is 17.4. The standard InChI is InChI=1S/C22H21FN4O4S/c1-3-12(2)18(24-19(28)14-6-4-5-7-15(14)23)20(29)25-22-27-26-21(32-22)13-8-9-16-17(10-13)31-11-30-16/h4-10,12,18H,3,11H2,1-2H3,(H,24,28)(H,25,27,29). The van der Waals surface area contributed by atoms with Gasteiger partial charge in [0.15, 0.2) is 11.5 Å². The number of carbonyl (C=O) groups is 2. The summed E-state index contributed by atoms with van der Waals surface area (Å²) in [6.07, 6.45) is 0.633. The van der Waals surface area contributed by atoms with Gasteiger partial charge in [-0.05, 0) is 36.2 Å². The van der Waals surface area contributed by atoms with Crippen LogP contribution in [0.4, 0.5) is 9.52 Å². The number of benzene rings is 2. The molecule has 0 bridgehead atoms. The Balaban J connectivity index is 1.48. The van der Waals surface area contributed by atoms with Crippen molar-refractivity contribution in [3.8, 4) is 22.1 Å². The van der Waals surface area contributed by atoms with Crippen molar-refractivity contribution < 1.29 is 23.5 Å². The fraction of sp³-hybridized carbons (Fsp3) is 0.273. The van der Waals surface area contributed by atoms with Crippen LogP contribution in [0.1, 0.15) is 30.6 Å². The van der Waals surface area contributed by atoms with E-state index < -0.39 is 23.7 Å². The zero-order chi connectivity index (χ0) is 22.7. The lowest BCUT2D eigenvalue weighted by atomic mass is 9.98. The first-order valence-electron chi connectivity index (χ1n) is 10.1. The fourth-order valence-electron chi connectivity index (χ4n) is 3.17. The van der Waals surface area contributed by atoms with Crippen LogP contribution in [0.5, 0.6) is 11.5 Å². The molecule has 0 fully saturated rings. The van der Waals surface area contributed by atoms with Gasteiger partial charge in [0, 0.05) is 5.56 Å². The Labute approximate surface area is 187 Å². The number of amides is 2. The highest BCUT2D eigenvalue weighted by molar-refractivity contribution is 7.18. The fourth-order valence-corrected chi connectivity index (χ4v) is 3.91. The third-order valence-corrected chi connectivity index (χ3v) is 6.06. The van der Waals surface area contributed by atoms with Crippen LogP contribution in [0.3, 0.4) is 0 Å². The number of nitrogens with zero attached hydrogens (tertiary/aromatic N) is 2. The predicted octanol–water partition coefficient (Wildman–Crippen LogP) is 3.86. The summed E-state index contributed by atoms with van der Waals surface area (Å²) >= 11 is 1.19. The summed E-state index contributed by atoms with van der Waals surface area (Å²) in [6, 6.07) is 10.2. The molecule has 2 N–H and O–H groups in total. The normalized spacial score (nSPS) is 14.0. The number of nitrogens with one attached hydrogen (secondary N) is 2. The molecule has 166 valence electrons. The van der Waals surface area contributed by atoms with Crippen molar-refractivity contribution >= 4 is 28.3 Å². The Hall–Kier alpha value is -3.53. The number of aromatic nitrogens is 2. The van der Waals surface area contributed by atoms with Gasteiger partial charge in [-0.3, -0.25) is 14.9 Å². The van der Waals surface area contributed by atoms with E-state index in [1.54, 1.807) is 18.2 Å². The van der Waals surface area contributed by atoms with Crippen molar-refractivity contribution in [3.63, 3.8) is 0 Å². The summed E-state index contributed by atoms with van der Waals surface area (Å²) in [5, 5.41) is 14.4. The number of hydrogen-bond donors (Lipinski definition) is 2. The van der Waals surface area contributed by atoms with Crippen molar-refractivity contribution in [2.24, 2.45) is 5.92 Å². The van der Waals surface area contributed by atoms with E-state index in [0.717, 1.165) is 5.56 Å². The number of halogens is 1. The minimum Gasteiger partial charge on any atom is -0.454 e. The maximum absolute atomic E-state index is 14.0. The van der Waals surface area contributed by atoms with Gasteiger partial charge in [0.05, 0.1) is 5.56 Å². The maximum Gasteiger partial charge on any atom is 0.254 e. The summed E-state index contributed by atoms with van der Waals surface area (Å²) in [5.41, 5.74) is 0.660. The Morgan fingerprint density at radius 2 is 1.94 bits per heavy atom. The van der Waals surface area contributed by atoms with Crippen LogP contribution in [-0.2, 0) is 4.79 Å². The molecule has 10 heteroatoms. The van der Waals surface area contributed by atoms with Crippen LogP contribution >= 0.6 is 11.3 Å². The number of hydrogen-bond acceptors (Lipinski definition) is 7. The Bertz CT molecular complexity index is 1150. The average Bonchev–Trinajstić information content (AvgIpc) is 3.45. The molecule has 1 aliphatic rings. The summed E-state index contributed by atoms with van der Waals surface area (Å²) in [6.45, 7) is 3.92. The van der Waals surface area contributed by atoms with Gasteiger partial charge >= 0.3 is 0 Å². The summed E-state index contributed by atoms with van der Waals surface area (Å²) < 4.78 is 24.7. The molecule has 0 radical (unpaired) electrons. The zero-order valence-corrected chi connectivity index (χ0v) is 18.2. The van der Waals surface area contributed by atoms with Crippen LogP contribution in [0.25, 0.3) is 10.6 Å². The first-order valence-corrected chi connectivity index (χ1v) is 10.9. The highest BCUT2D eigenvalue weighted by Crippen LogP contribution is 2.37. The van der Waals surface area contributed by atoms with E-state index in [0.29, 0.717) is 22.9 Å². The topological polar surface area (TPSA) is 102 Å². The van der Waals surface area contributed by atoms with Crippen molar-refractivity contribution in [1.29, 1.82) is 0 Å². The first kappa shape index (κ1) is 21.7. The highest BCUT2D eigenvalue weighted by Gasteiger charge is 2.28. The molecule has 3 aromatic rings. The van der Waals surface area contributed by atoms with E-state index in [2.05, 4.69) is 20.8 Å². The van der Waals surface area contributed by atoms with Crippen LogP contribution in [0, 0.1) is 11.7 Å². The molecule has 0 saturated carbocycles. The third kappa shape index (κ3) is 4.54. The average molecular weight is 456 g/mol. The second-order valence-corrected chi connectivity index (χ2v) is 8.26. The number of fused-ring (bicyclic) bond motifs is 1. The van der Waals surface area contributed by atoms with E-state index in [9.17, 15) is 14.0 Å². The van der Waals surface area contributed by atoms with Crippen LogP contribution in [-0.4, -0.2) is 34.8 Å². The SMILES string of the molecule is CCC(C)C(NC(=O)c1ccccc1F)C(=O)Nc1nnc(-c2ccc3c(c2)OCO3)s1. The molecule has 2 unspecified atom stereocenters. The summed E-state index contributed by atoms with van der Waals surface area (Å²) in [7, 11) is 0. The van der Waals surface area contributed by atoms with E-state index in [-0.39, 0.29) is 23.4 Å². The highest BCUT2D eigenvalue weighted by atomic mass is 32.1. The molecular weight excluding hydrogens is 435 g/mol. The minimum absolute atomic E-state index is 0.116. The molecule has 8 nitrogen and oxygen atoms in total. The third-order valence-electron chi connectivity index (χ3n) is 5.18. The molecule has 2 heterocycles. The lowest BCUT2D eigenvalue weighted by Crippen LogP contribution is -2.47. The largest absolute Gasteiger partial charge is 0.454 e. The van der Waals surface area contributed by atoms with Gasteiger partial charge < -0.3 is 14.8 Å². The quantitative estimate of drug-likeness (QED) is 0.560. The smallest absolute Gasteiger partial charge is 0.254 e. The molecule has 0 spiro atoms. The number of carbonyl (C=O) groups excluding carboxylic acids is 2. The second kappa shape index (κ2) is 9.31. The van der Waals surface area contributed by atoms with Crippen molar-refractivity contribution in [3.05, 3.63) is 53.8 Å². The minimum atomic E-state index is -0.870. The molecule has 32 heavy (non-hydrogen) atoms. The van der Waals surface area contributed by atoms with E-state index in [4.69, 9.17) is 9.47 Å². The predicted molar refractivity (Wildman–Crippen MR) is 117 cm³/mol. The number of anilines is 1. The molecule has 1 aromatic heterocycles. The van der Waals surface area contributed by atoms with Gasteiger partial charge in [0.1, 0.15) is 16.9 Å². The maximum atomic E-state index is 14.0. The second-order valence-electron chi connectivity index (χ2n) is 7.29. The van der Waals surface area contributed by atoms with Crippen LogP contribution in [0.15, 0.2) is 42.5 Å². The lowest BCUT2D eigenvalue weighted by molar-refractivity contribution is -0.119. The number of ether oxygens (including phenoxy) is 2. The van der Waals surface area contributed by atoms with Gasteiger partial charge in [-0.15, -0.1) is 10.2 Å². The van der Waals surface area contributed by atoms with Crippen LogP contribution < -0.4 is 20.1 Å². The van der Waals surface area contributed by atoms with Gasteiger partial charge in [0.2, 0.25) is 17.8 Å². The Kier molecular flexibility index (Phi) is 6.31.